The van der Waals surface area contributed by atoms with Crippen LogP contribution in [0.3, 0.4) is 0 Å². The van der Waals surface area contributed by atoms with Crippen LogP contribution in [0.15, 0.2) is 29.1 Å². The van der Waals surface area contributed by atoms with Crippen LogP contribution in [0, 0.1) is 0 Å². The molecule has 2 N–H and O–H groups in total. The molecular weight excluding hydrogens is 526 g/mol. The van der Waals surface area contributed by atoms with Crippen molar-refractivity contribution < 1.29 is 24.2 Å². The van der Waals surface area contributed by atoms with Gasteiger partial charge in [0.25, 0.3) is 5.56 Å². The minimum atomic E-state index is -1.90. The van der Waals surface area contributed by atoms with Gasteiger partial charge in [0, 0.05) is 42.7 Å². The normalized spacial score (nSPS) is 21.5. The van der Waals surface area contributed by atoms with Gasteiger partial charge in [0.15, 0.2) is 5.60 Å². The molecule has 4 aliphatic rings. The van der Waals surface area contributed by atoms with E-state index in [0.717, 1.165) is 29.7 Å². The fourth-order valence-electron chi connectivity index (χ4n) is 6.07. The zero-order valence-electron chi connectivity index (χ0n) is 21.4. The third-order valence-electron chi connectivity index (χ3n) is 8.19. The molecule has 0 unspecified atom stereocenters. The fourth-order valence-corrected chi connectivity index (χ4v) is 6.07. The van der Waals surface area contributed by atoms with Gasteiger partial charge in [0.05, 0.1) is 53.6 Å². The Bertz CT molecular complexity index is 1600. The first-order chi connectivity index (χ1) is 18.4. The van der Waals surface area contributed by atoms with E-state index in [4.69, 9.17) is 14.5 Å². The number of amides is 2. The predicted octanol–water partition coefficient (Wildman–Crippen LogP) is 2.19. The number of cyclic esters (lactones) is 1. The van der Waals surface area contributed by atoms with Gasteiger partial charge >= 0.3 is 12.0 Å². The third-order valence-corrected chi connectivity index (χ3v) is 8.19. The molecule has 1 saturated heterocycles. The standard InChI is InChI=1S/C27H27N5O6.ClH/c1-2-27(36)17-12-20-22-15(13-32(20)24(33)16(17)14-38-25(27)34)23-21-18(28-22)4-3-5-19(21)29-26(35)31(23)7-6-30-8-10-37-11-9-30;/h3-5,12,36H,2,6-11,13-14H2,1H3,(H,29,35);1H/t27-;/m0./s1. The first kappa shape index (κ1) is 25.8. The molecule has 7 rings (SSSR count). The van der Waals surface area contributed by atoms with Crippen LogP contribution in [0.1, 0.15) is 30.0 Å². The van der Waals surface area contributed by atoms with Crippen LogP contribution in [0.4, 0.5) is 16.2 Å². The van der Waals surface area contributed by atoms with E-state index in [2.05, 4.69) is 10.2 Å². The van der Waals surface area contributed by atoms with Crippen molar-refractivity contribution in [3.05, 3.63) is 51.3 Å². The van der Waals surface area contributed by atoms with E-state index in [0.29, 0.717) is 48.9 Å². The summed E-state index contributed by atoms with van der Waals surface area (Å²) in [5, 5.41) is 15.0. The molecule has 1 aromatic carbocycles. The van der Waals surface area contributed by atoms with Gasteiger partial charge in [-0.1, -0.05) is 13.0 Å². The number of anilines is 2. The molecule has 0 saturated carbocycles. The maximum atomic E-state index is 13.7. The Balaban J connectivity index is 0.00000277. The Labute approximate surface area is 229 Å². The number of nitrogens with zero attached hydrogens (tertiary/aromatic N) is 4. The second-order valence-corrected chi connectivity index (χ2v) is 10.1. The number of morpholine rings is 1. The smallest absolute Gasteiger partial charge is 0.343 e. The number of pyridine rings is 2. The Morgan fingerprint density at radius 1 is 1.13 bits per heavy atom. The lowest BCUT2D eigenvalue weighted by molar-refractivity contribution is -0.172. The minimum absolute atomic E-state index is 0. The third kappa shape index (κ3) is 3.68. The van der Waals surface area contributed by atoms with Gasteiger partial charge in [0.1, 0.15) is 6.61 Å². The number of aromatic nitrogens is 2. The van der Waals surface area contributed by atoms with Gasteiger partial charge in [-0.3, -0.25) is 14.6 Å². The maximum absolute atomic E-state index is 13.7. The van der Waals surface area contributed by atoms with Gasteiger partial charge in [-0.25, -0.2) is 14.6 Å². The summed E-state index contributed by atoms with van der Waals surface area (Å²) in [6.07, 6.45) is 0.0732. The van der Waals surface area contributed by atoms with Gasteiger partial charge in [-0.15, -0.1) is 12.4 Å². The van der Waals surface area contributed by atoms with Gasteiger partial charge in [0.2, 0.25) is 0 Å². The van der Waals surface area contributed by atoms with Crippen molar-refractivity contribution in [2.45, 2.75) is 32.1 Å². The molecule has 0 bridgehead atoms. The van der Waals surface area contributed by atoms with Crippen molar-refractivity contribution in [1.29, 1.82) is 0 Å². The molecule has 204 valence electrons. The molecule has 6 heterocycles. The highest BCUT2D eigenvalue weighted by Crippen LogP contribution is 2.46. The topological polar surface area (TPSA) is 126 Å². The number of hydrogen-bond donors (Lipinski definition) is 2. The summed E-state index contributed by atoms with van der Waals surface area (Å²) in [5.41, 5.74) is 2.31. The molecule has 2 aromatic heterocycles. The number of carbonyl (C=O) groups is 2. The van der Waals surface area contributed by atoms with Crippen molar-refractivity contribution in [3.8, 4) is 11.4 Å². The first-order valence-corrected chi connectivity index (χ1v) is 12.9. The summed E-state index contributed by atoms with van der Waals surface area (Å²) >= 11 is 0. The fraction of sp³-hybridized carbons (Fsp3) is 0.407. The number of nitrogens with one attached hydrogen (secondary N) is 1. The monoisotopic (exact) mass is 553 g/mol. The zero-order valence-corrected chi connectivity index (χ0v) is 22.2. The summed E-state index contributed by atoms with van der Waals surface area (Å²) in [7, 11) is 0. The number of urea groups is 1. The summed E-state index contributed by atoms with van der Waals surface area (Å²) in [5.74, 6) is -0.757. The van der Waals surface area contributed by atoms with Crippen LogP contribution in [-0.4, -0.2) is 71.0 Å². The molecule has 2 amide bonds. The lowest BCUT2D eigenvalue weighted by Crippen LogP contribution is -2.46. The number of esters is 1. The Kier molecular flexibility index (Phi) is 6.14. The summed E-state index contributed by atoms with van der Waals surface area (Å²) in [6, 6.07) is 7.05. The number of aliphatic hydroxyl groups is 1. The average molecular weight is 554 g/mol. The van der Waals surface area contributed by atoms with E-state index in [-0.39, 0.29) is 54.7 Å². The Hall–Kier alpha value is -3.51. The average Bonchev–Trinajstić information content (AvgIpc) is 3.30. The molecule has 1 fully saturated rings. The number of rotatable bonds is 4. The number of carbonyl (C=O) groups excluding carboxylic acids is 2. The van der Waals surface area contributed by atoms with E-state index in [1.807, 2.05) is 18.2 Å². The van der Waals surface area contributed by atoms with Crippen molar-refractivity contribution in [2.75, 3.05) is 49.6 Å². The molecule has 11 nitrogen and oxygen atoms in total. The molecule has 39 heavy (non-hydrogen) atoms. The molecular formula is C27H28ClN5O6. The van der Waals surface area contributed by atoms with Crippen LogP contribution in [0.25, 0.3) is 22.3 Å². The molecule has 4 aliphatic heterocycles. The summed E-state index contributed by atoms with van der Waals surface area (Å²) < 4.78 is 12.3. The Morgan fingerprint density at radius 2 is 1.92 bits per heavy atom. The molecule has 3 aromatic rings. The molecule has 0 radical (unpaired) electrons. The molecule has 12 heteroatoms. The van der Waals surface area contributed by atoms with Crippen LogP contribution in [0.5, 0.6) is 0 Å². The molecule has 0 spiro atoms. The van der Waals surface area contributed by atoms with E-state index in [9.17, 15) is 19.5 Å². The number of hydrogen-bond acceptors (Lipinski definition) is 8. The summed E-state index contributed by atoms with van der Waals surface area (Å²) in [6.45, 7) is 5.82. The van der Waals surface area contributed by atoms with E-state index in [1.165, 1.54) is 0 Å². The maximum Gasteiger partial charge on any atom is 0.343 e. The van der Waals surface area contributed by atoms with E-state index in [1.54, 1.807) is 22.5 Å². The van der Waals surface area contributed by atoms with Crippen molar-refractivity contribution in [2.24, 2.45) is 0 Å². The van der Waals surface area contributed by atoms with Crippen LogP contribution in [0.2, 0.25) is 0 Å². The number of ether oxygens (including phenoxy) is 2. The van der Waals surface area contributed by atoms with Crippen molar-refractivity contribution >= 4 is 46.7 Å². The van der Waals surface area contributed by atoms with E-state index < -0.39 is 11.6 Å². The van der Waals surface area contributed by atoms with Crippen LogP contribution >= 0.6 is 12.4 Å². The number of fused-ring (bicyclic) bond motifs is 5. The Morgan fingerprint density at radius 3 is 2.69 bits per heavy atom. The highest BCUT2D eigenvalue weighted by molar-refractivity contribution is 6.19. The van der Waals surface area contributed by atoms with Gasteiger partial charge in [-0.05, 0) is 24.6 Å². The second-order valence-electron chi connectivity index (χ2n) is 10.1. The SMILES string of the molecule is CC[C@@]1(O)C(=O)OCc2c1cc1n(c2=O)Cc2c-1nc1cccc3c1c2N(CCN1CCOCC1)C(=O)N3.Cl. The minimum Gasteiger partial charge on any atom is -0.458 e. The summed E-state index contributed by atoms with van der Waals surface area (Å²) in [4.78, 5) is 48.5. The quantitative estimate of drug-likeness (QED) is 0.368. The number of halogens is 1. The molecule has 1 atom stereocenters. The number of benzene rings is 1. The lowest BCUT2D eigenvalue weighted by Gasteiger charge is -2.34. The zero-order chi connectivity index (χ0) is 26.2. The first-order valence-electron chi connectivity index (χ1n) is 12.9. The van der Waals surface area contributed by atoms with Crippen molar-refractivity contribution in [3.63, 3.8) is 0 Å². The second kappa shape index (κ2) is 9.30. The largest absolute Gasteiger partial charge is 0.458 e. The highest BCUT2D eigenvalue weighted by Gasteiger charge is 2.46. The van der Waals surface area contributed by atoms with Crippen LogP contribution in [-0.2, 0) is 33.0 Å². The van der Waals surface area contributed by atoms with Gasteiger partial charge < -0.3 is 24.5 Å². The van der Waals surface area contributed by atoms with Crippen molar-refractivity contribution in [1.82, 2.24) is 14.5 Å². The van der Waals surface area contributed by atoms with Gasteiger partial charge in [-0.2, -0.15) is 0 Å². The van der Waals surface area contributed by atoms with E-state index >= 15 is 0 Å². The van der Waals surface area contributed by atoms with Crippen LogP contribution < -0.4 is 15.8 Å². The highest BCUT2D eigenvalue weighted by atomic mass is 35.5. The lowest BCUT2D eigenvalue weighted by atomic mass is 9.86. The molecule has 0 aliphatic carbocycles. The predicted molar refractivity (Wildman–Crippen MR) is 145 cm³/mol.